The third-order valence-electron chi connectivity index (χ3n) is 7.55. The van der Waals surface area contributed by atoms with Gasteiger partial charge in [-0.2, -0.15) is 0 Å². The Morgan fingerprint density at radius 3 is 2.55 bits per heavy atom. The van der Waals surface area contributed by atoms with Crippen molar-refractivity contribution >= 4 is 11.9 Å². The molecule has 2 fully saturated rings. The van der Waals surface area contributed by atoms with Gasteiger partial charge in [-0.1, -0.05) is 36.4 Å². The van der Waals surface area contributed by atoms with Crippen LogP contribution in [0.15, 0.2) is 48.5 Å². The van der Waals surface area contributed by atoms with Crippen LogP contribution in [0.1, 0.15) is 58.8 Å². The van der Waals surface area contributed by atoms with Gasteiger partial charge in [0.2, 0.25) is 0 Å². The first-order chi connectivity index (χ1) is 16.0. The number of fused-ring (bicyclic) bond motifs is 1. The Bertz CT molecular complexity index is 1010. The standard InChI is InChI=1S/C26H32N4O3/c27-25(32)30-16-20-3-1-2-4-22(20)23(30)18-5-7-19(8-6-18)24(31)29-15-21-9-10-26(17-33-21)11-13-28-14-12-26/h1-8,21,23,28H,9-17H2,(H2,27,32)(H,29,31). The predicted octanol–water partition coefficient (Wildman–Crippen LogP) is 2.95. The highest BCUT2D eigenvalue weighted by atomic mass is 16.5. The van der Waals surface area contributed by atoms with E-state index in [4.69, 9.17) is 10.5 Å². The molecule has 174 valence electrons. The molecule has 1 spiro atoms. The minimum atomic E-state index is -0.447. The smallest absolute Gasteiger partial charge is 0.315 e. The van der Waals surface area contributed by atoms with Crippen LogP contribution in [0.5, 0.6) is 0 Å². The Balaban J connectivity index is 1.19. The van der Waals surface area contributed by atoms with Gasteiger partial charge in [-0.15, -0.1) is 0 Å². The molecular formula is C26H32N4O3. The highest BCUT2D eigenvalue weighted by Crippen LogP contribution is 2.39. The number of hydrogen-bond acceptors (Lipinski definition) is 4. The molecule has 3 aliphatic heterocycles. The van der Waals surface area contributed by atoms with Crippen LogP contribution in [0.3, 0.4) is 0 Å². The van der Waals surface area contributed by atoms with Gasteiger partial charge in [-0.25, -0.2) is 4.79 Å². The van der Waals surface area contributed by atoms with Crippen molar-refractivity contribution in [1.29, 1.82) is 0 Å². The van der Waals surface area contributed by atoms with Gasteiger partial charge in [0, 0.05) is 18.7 Å². The summed E-state index contributed by atoms with van der Waals surface area (Å²) in [6, 6.07) is 14.8. The SMILES string of the molecule is NC(=O)N1Cc2ccccc2C1c1ccc(C(=O)NCC2CCC3(CCNCC3)CO2)cc1. The van der Waals surface area contributed by atoms with Gasteiger partial charge in [0.15, 0.2) is 0 Å². The van der Waals surface area contributed by atoms with Crippen molar-refractivity contribution in [2.45, 2.75) is 44.4 Å². The number of benzene rings is 2. The van der Waals surface area contributed by atoms with Gasteiger partial charge in [0.1, 0.15) is 0 Å². The minimum Gasteiger partial charge on any atom is -0.376 e. The van der Waals surface area contributed by atoms with Crippen LogP contribution in [0.2, 0.25) is 0 Å². The Kier molecular flexibility index (Phi) is 6.08. The summed E-state index contributed by atoms with van der Waals surface area (Å²) in [7, 11) is 0. The van der Waals surface area contributed by atoms with Gasteiger partial charge in [-0.3, -0.25) is 4.79 Å². The van der Waals surface area contributed by atoms with E-state index in [9.17, 15) is 9.59 Å². The van der Waals surface area contributed by atoms with Gasteiger partial charge < -0.3 is 26.0 Å². The average molecular weight is 449 g/mol. The van der Waals surface area contributed by atoms with Crippen LogP contribution in [-0.4, -0.2) is 49.2 Å². The van der Waals surface area contributed by atoms with Gasteiger partial charge >= 0.3 is 6.03 Å². The fourth-order valence-electron chi connectivity index (χ4n) is 5.51. The van der Waals surface area contributed by atoms with E-state index in [0.29, 0.717) is 24.1 Å². The zero-order valence-corrected chi connectivity index (χ0v) is 18.9. The van der Waals surface area contributed by atoms with E-state index in [1.807, 2.05) is 48.5 Å². The lowest BCUT2D eigenvalue weighted by atomic mass is 9.74. The summed E-state index contributed by atoms with van der Waals surface area (Å²) < 4.78 is 6.12. The number of carbonyl (C=O) groups excluding carboxylic acids is 2. The minimum absolute atomic E-state index is 0.0767. The van der Waals surface area contributed by atoms with E-state index in [1.54, 1.807) is 4.90 Å². The molecule has 7 heteroatoms. The maximum atomic E-state index is 12.7. The molecule has 0 bridgehead atoms. The monoisotopic (exact) mass is 448 g/mol. The number of primary amides is 1. The van der Waals surface area contributed by atoms with Gasteiger partial charge in [0.05, 0.1) is 18.8 Å². The van der Waals surface area contributed by atoms with Crippen LogP contribution in [0.4, 0.5) is 4.79 Å². The van der Waals surface area contributed by atoms with E-state index in [0.717, 1.165) is 42.8 Å². The molecule has 2 unspecified atom stereocenters. The number of ether oxygens (including phenoxy) is 1. The lowest BCUT2D eigenvalue weighted by Gasteiger charge is -2.43. The molecule has 3 aliphatic rings. The number of piperidine rings is 1. The quantitative estimate of drug-likeness (QED) is 0.670. The third-order valence-corrected chi connectivity index (χ3v) is 7.55. The topological polar surface area (TPSA) is 96.7 Å². The number of carbonyl (C=O) groups is 2. The second-order valence-corrected chi connectivity index (χ2v) is 9.62. The lowest BCUT2D eigenvalue weighted by molar-refractivity contribution is -0.0721. The van der Waals surface area contributed by atoms with E-state index >= 15 is 0 Å². The predicted molar refractivity (Wildman–Crippen MR) is 126 cm³/mol. The lowest BCUT2D eigenvalue weighted by Crippen LogP contribution is -2.46. The molecule has 2 saturated heterocycles. The Morgan fingerprint density at radius 2 is 1.85 bits per heavy atom. The van der Waals surface area contributed by atoms with E-state index in [-0.39, 0.29) is 18.1 Å². The summed E-state index contributed by atoms with van der Waals surface area (Å²) in [4.78, 5) is 26.4. The van der Waals surface area contributed by atoms with Crippen LogP contribution in [-0.2, 0) is 11.3 Å². The van der Waals surface area contributed by atoms with Crippen molar-refractivity contribution in [1.82, 2.24) is 15.5 Å². The summed E-state index contributed by atoms with van der Waals surface area (Å²) in [6.45, 7) is 3.97. The molecular weight excluding hydrogens is 416 g/mol. The Hall–Kier alpha value is -2.90. The van der Waals surface area contributed by atoms with Crippen molar-refractivity contribution < 1.29 is 14.3 Å². The summed E-state index contributed by atoms with van der Waals surface area (Å²) >= 11 is 0. The highest BCUT2D eigenvalue weighted by molar-refractivity contribution is 5.94. The zero-order chi connectivity index (χ0) is 22.8. The number of urea groups is 1. The second-order valence-electron chi connectivity index (χ2n) is 9.62. The molecule has 7 nitrogen and oxygen atoms in total. The van der Waals surface area contributed by atoms with Crippen molar-refractivity contribution in [2.75, 3.05) is 26.2 Å². The molecule has 2 atom stereocenters. The van der Waals surface area contributed by atoms with Crippen molar-refractivity contribution in [3.05, 3.63) is 70.8 Å². The fraction of sp³-hybridized carbons (Fsp3) is 0.462. The highest BCUT2D eigenvalue weighted by Gasteiger charge is 2.37. The second kappa shape index (κ2) is 9.15. The largest absolute Gasteiger partial charge is 0.376 e. The van der Waals surface area contributed by atoms with Crippen LogP contribution < -0.4 is 16.4 Å². The van der Waals surface area contributed by atoms with E-state index in [1.165, 1.54) is 19.3 Å². The average Bonchev–Trinajstić information content (AvgIpc) is 3.24. The number of nitrogens with zero attached hydrogens (tertiary/aromatic N) is 1. The van der Waals surface area contributed by atoms with Crippen molar-refractivity contribution in [3.8, 4) is 0 Å². The Morgan fingerprint density at radius 1 is 1.09 bits per heavy atom. The number of amides is 3. The Labute approximate surface area is 194 Å². The van der Waals surface area contributed by atoms with E-state index < -0.39 is 6.03 Å². The van der Waals surface area contributed by atoms with Gasteiger partial charge in [0.25, 0.3) is 5.91 Å². The number of hydrogen-bond donors (Lipinski definition) is 3. The van der Waals surface area contributed by atoms with Crippen molar-refractivity contribution in [3.63, 3.8) is 0 Å². The molecule has 3 heterocycles. The van der Waals surface area contributed by atoms with Crippen LogP contribution in [0, 0.1) is 5.41 Å². The first kappa shape index (κ1) is 21.9. The summed E-state index contributed by atoms with van der Waals surface area (Å²) in [5.41, 5.74) is 9.70. The summed E-state index contributed by atoms with van der Waals surface area (Å²) in [5, 5.41) is 6.45. The molecule has 0 radical (unpaired) electrons. The number of nitrogens with two attached hydrogens (primary N) is 1. The summed E-state index contributed by atoms with van der Waals surface area (Å²) in [6.07, 6.45) is 4.59. The molecule has 5 rings (SSSR count). The zero-order valence-electron chi connectivity index (χ0n) is 18.9. The van der Waals surface area contributed by atoms with E-state index in [2.05, 4.69) is 10.6 Å². The number of rotatable bonds is 4. The van der Waals surface area contributed by atoms with Crippen LogP contribution in [0.25, 0.3) is 0 Å². The molecule has 4 N–H and O–H groups in total. The van der Waals surface area contributed by atoms with Gasteiger partial charge in [-0.05, 0) is 73.0 Å². The molecule has 3 amide bonds. The molecule has 0 aliphatic carbocycles. The third kappa shape index (κ3) is 4.48. The first-order valence-corrected chi connectivity index (χ1v) is 11.9. The molecule has 0 aromatic heterocycles. The first-order valence-electron chi connectivity index (χ1n) is 11.9. The maximum absolute atomic E-state index is 12.7. The van der Waals surface area contributed by atoms with Crippen molar-refractivity contribution in [2.24, 2.45) is 11.1 Å². The fourth-order valence-corrected chi connectivity index (χ4v) is 5.51. The molecule has 33 heavy (non-hydrogen) atoms. The molecule has 2 aromatic rings. The van der Waals surface area contributed by atoms with Crippen LogP contribution >= 0.6 is 0 Å². The number of nitrogens with one attached hydrogen (secondary N) is 2. The molecule has 0 saturated carbocycles. The molecule has 2 aromatic carbocycles. The normalized spacial score (nSPS) is 23.8. The summed E-state index contributed by atoms with van der Waals surface area (Å²) in [5.74, 6) is -0.106. The maximum Gasteiger partial charge on any atom is 0.315 e.